The predicted molar refractivity (Wildman–Crippen MR) is 55.7 cm³/mol. The number of nitriles is 1. The van der Waals surface area contributed by atoms with Crippen molar-refractivity contribution < 1.29 is 8.42 Å². The smallest absolute Gasteiger partial charge is 0.261 e. The highest BCUT2D eigenvalue weighted by atomic mass is 32.2. The molecule has 2 heterocycles. The molecule has 6 nitrogen and oxygen atoms in total. The second kappa shape index (κ2) is 4.23. The number of aromatic amines is 1. The number of sulfonamides is 1. The SMILES string of the molecule is N#CC1CCCCN1S(=O)(=O)c1cnc[nH]1. The van der Waals surface area contributed by atoms with Crippen LogP contribution >= 0.6 is 0 Å². The van der Waals surface area contributed by atoms with Gasteiger partial charge in [-0.05, 0) is 19.3 Å². The third kappa shape index (κ3) is 1.81. The topological polar surface area (TPSA) is 89.8 Å². The van der Waals surface area contributed by atoms with E-state index in [1.54, 1.807) is 0 Å². The number of rotatable bonds is 2. The maximum Gasteiger partial charge on any atom is 0.261 e. The molecule has 16 heavy (non-hydrogen) atoms. The Balaban J connectivity index is 2.33. The zero-order valence-corrected chi connectivity index (χ0v) is 9.44. The van der Waals surface area contributed by atoms with Crippen molar-refractivity contribution in [2.75, 3.05) is 6.54 Å². The summed E-state index contributed by atoms with van der Waals surface area (Å²) in [6.07, 6.45) is 4.87. The monoisotopic (exact) mass is 240 g/mol. The molecule has 1 N–H and O–H groups in total. The van der Waals surface area contributed by atoms with Gasteiger partial charge in [0.05, 0.1) is 18.6 Å². The summed E-state index contributed by atoms with van der Waals surface area (Å²) < 4.78 is 25.5. The van der Waals surface area contributed by atoms with Crippen LogP contribution in [0.2, 0.25) is 0 Å². The van der Waals surface area contributed by atoms with Crippen molar-refractivity contribution >= 4 is 10.0 Å². The first-order valence-electron chi connectivity index (χ1n) is 5.06. The molecule has 1 aliphatic heterocycles. The third-order valence-electron chi connectivity index (χ3n) is 2.66. The molecule has 86 valence electrons. The van der Waals surface area contributed by atoms with Gasteiger partial charge in [-0.15, -0.1) is 0 Å². The second-order valence-corrected chi connectivity index (χ2v) is 5.53. The first-order valence-corrected chi connectivity index (χ1v) is 6.50. The molecule has 0 amide bonds. The lowest BCUT2D eigenvalue weighted by molar-refractivity contribution is 0.296. The van der Waals surface area contributed by atoms with E-state index in [9.17, 15) is 8.42 Å². The van der Waals surface area contributed by atoms with Gasteiger partial charge >= 0.3 is 0 Å². The summed E-state index contributed by atoms with van der Waals surface area (Å²) >= 11 is 0. The summed E-state index contributed by atoms with van der Waals surface area (Å²) in [6.45, 7) is 0.402. The zero-order valence-electron chi connectivity index (χ0n) is 8.63. The maximum atomic E-state index is 12.1. The van der Waals surface area contributed by atoms with Crippen molar-refractivity contribution in [2.24, 2.45) is 0 Å². The molecule has 0 aliphatic carbocycles. The van der Waals surface area contributed by atoms with Gasteiger partial charge in [0, 0.05) is 6.54 Å². The molecule has 0 saturated carbocycles. The number of aromatic nitrogens is 2. The van der Waals surface area contributed by atoms with Crippen LogP contribution in [0.1, 0.15) is 19.3 Å². The molecule has 1 saturated heterocycles. The lowest BCUT2D eigenvalue weighted by Gasteiger charge is -2.29. The van der Waals surface area contributed by atoms with Gasteiger partial charge in [-0.2, -0.15) is 9.57 Å². The van der Waals surface area contributed by atoms with Gasteiger partial charge in [0.15, 0.2) is 5.03 Å². The molecule has 1 atom stereocenters. The number of hydrogen-bond acceptors (Lipinski definition) is 4. The van der Waals surface area contributed by atoms with Crippen LogP contribution < -0.4 is 0 Å². The summed E-state index contributed by atoms with van der Waals surface area (Å²) in [4.78, 5) is 6.26. The number of nitrogens with one attached hydrogen (secondary N) is 1. The van der Waals surface area contributed by atoms with Crippen molar-refractivity contribution in [1.29, 1.82) is 5.26 Å². The largest absolute Gasteiger partial charge is 0.335 e. The van der Waals surface area contributed by atoms with Crippen molar-refractivity contribution in [2.45, 2.75) is 30.3 Å². The van der Waals surface area contributed by atoms with E-state index < -0.39 is 16.1 Å². The Morgan fingerprint density at radius 1 is 1.56 bits per heavy atom. The van der Waals surface area contributed by atoms with E-state index in [2.05, 4.69) is 9.97 Å². The minimum atomic E-state index is -3.59. The van der Waals surface area contributed by atoms with E-state index >= 15 is 0 Å². The third-order valence-corrected chi connectivity index (χ3v) is 4.50. The molecule has 0 aromatic carbocycles. The van der Waals surface area contributed by atoms with Crippen LogP contribution in [0.3, 0.4) is 0 Å². The van der Waals surface area contributed by atoms with E-state index in [0.717, 1.165) is 12.8 Å². The molecule has 7 heteroatoms. The number of H-pyrrole nitrogens is 1. The van der Waals surface area contributed by atoms with Crippen LogP contribution in [0.5, 0.6) is 0 Å². The molecular formula is C9H12N4O2S. The fourth-order valence-electron chi connectivity index (χ4n) is 1.83. The van der Waals surface area contributed by atoms with Gasteiger partial charge < -0.3 is 4.98 Å². The Labute approximate surface area is 94.0 Å². The summed E-state index contributed by atoms with van der Waals surface area (Å²) in [7, 11) is -3.59. The van der Waals surface area contributed by atoms with Crippen molar-refractivity contribution in [1.82, 2.24) is 14.3 Å². The molecule has 1 unspecified atom stereocenters. The van der Waals surface area contributed by atoms with E-state index in [-0.39, 0.29) is 5.03 Å². The highest BCUT2D eigenvalue weighted by Gasteiger charge is 2.34. The standard InChI is InChI=1S/C9H12N4O2S/c10-5-8-3-1-2-4-13(8)16(14,15)9-6-11-7-12-9/h6-8H,1-4H2,(H,11,12). The second-order valence-electron chi connectivity index (χ2n) is 3.67. The molecular weight excluding hydrogens is 228 g/mol. The molecule has 0 bridgehead atoms. The van der Waals surface area contributed by atoms with Crippen LogP contribution in [0.25, 0.3) is 0 Å². The quantitative estimate of drug-likeness (QED) is 0.814. The highest BCUT2D eigenvalue weighted by molar-refractivity contribution is 7.89. The number of nitrogens with zero attached hydrogens (tertiary/aromatic N) is 3. The van der Waals surface area contributed by atoms with Crippen LogP contribution in [-0.4, -0.2) is 35.3 Å². The number of hydrogen-bond donors (Lipinski definition) is 1. The van der Waals surface area contributed by atoms with Crippen LogP contribution in [0.15, 0.2) is 17.6 Å². The lowest BCUT2D eigenvalue weighted by Crippen LogP contribution is -2.42. The average molecular weight is 240 g/mol. The summed E-state index contributed by atoms with van der Waals surface area (Å²) in [5.74, 6) is 0. The van der Waals surface area contributed by atoms with Crippen molar-refractivity contribution in [3.63, 3.8) is 0 Å². The summed E-state index contributed by atoms with van der Waals surface area (Å²) in [5.41, 5.74) is 0. The molecule has 1 aromatic rings. The Bertz CT molecular complexity index is 488. The zero-order chi connectivity index (χ0) is 11.6. The van der Waals surface area contributed by atoms with Gasteiger partial charge in [0.25, 0.3) is 10.0 Å². The molecule has 2 rings (SSSR count). The molecule has 0 spiro atoms. The first-order chi connectivity index (χ1) is 7.66. The van der Waals surface area contributed by atoms with Gasteiger partial charge in [-0.1, -0.05) is 0 Å². The molecule has 1 aliphatic rings. The lowest BCUT2D eigenvalue weighted by atomic mass is 10.1. The van der Waals surface area contributed by atoms with E-state index in [1.807, 2.05) is 6.07 Å². The Hall–Kier alpha value is -1.39. The van der Waals surface area contributed by atoms with E-state index in [0.29, 0.717) is 13.0 Å². The van der Waals surface area contributed by atoms with Crippen LogP contribution in [0.4, 0.5) is 0 Å². The van der Waals surface area contributed by atoms with E-state index in [1.165, 1.54) is 16.8 Å². The van der Waals surface area contributed by atoms with Crippen molar-refractivity contribution in [3.05, 3.63) is 12.5 Å². The Kier molecular flexibility index (Phi) is 2.94. The van der Waals surface area contributed by atoms with E-state index in [4.69, 9.17) is 5.26 Å². The summed E-state index contributed by atoms with van der Waals surface area (Å²) in [5, 5.41) is 8.99. The van der Waals surface area contributed by atoms with Gasteiger partial charge in [0.1, 0.15) is 6.04 Å². The minimum absolute atomic E-state index is 0.0506. The Morgan fingerprint density at radius 2 is 2.38 bits per heavy atom. The highest BCUT2D eigenvalue weighted by Crippen LogP contribution is 2.23. The van der Waals surface area contributed by atoms with Crippen LogP contribution in [-0.2, 0) is 10.0 Å². The normalized spacial score (nSPS) is 22.8. The van der Waals surface area contributed by atoms with Crippen molar-refractivity contribution in [3.8, 4) is 6.07 Å². The average Bonchev–Trinajstić information content (AvgIpc) is 2.83. The number of piperidine rings is 1. The van der Waals surface area contributed by atoms with Gasteiger partial charge in [-0.3, -0.25) is 0 Å². The molecule has 1 fully saturated rings. The van der Waals surface area contributed by atoms with Gasteiger partial charge in [-0.25, -0.2) is 13.4 Å². The van der Waals surface area contributed by atoms with Crippen LogP contribution in [0, 0.1) is 11.3 Å². The first kappa shape index (κ1) is 11.1. The minimum Gasteiger partial charge on any atom is -0.335 e. The molecule has 0 radical (unpaired) electrons. The Morgan fingerprint density at radius 3 is 3.00 bits per heavy atom. The number of imidazole rings is 1. The summed E-state index contributed by atoms with van der Waals surface area (Å²) in [6, 6.07) is 1.48. The fourth-order valence-corrected chi connectivity index (χ4v) is 3.34. The maximum absolute atomic E-state index is 12.1. The molecule has 1 aromatic heterocycles. The van der Waals surface area contributed by atoms with Gasteiger partial charge in [0.2, 0.25) is 0 Å². The predicted octanol–water partition coefficient (Wildman–Crippen LogP) is 0.476. The fraction of sp³-hybridized carbons (Fsp3) is 0.556.